The average Bonchev–Trinajstić information content (AvgIpc) is 2.95. The predicted octanol–water partition coefficient (Wildman–Crippen LogP) is 3.78. The van der Waals surface area contributed by atoms with Gasteiger partial charge in [0.15, 0.2) is 11.6 Å². The summed E-state index contributed by atoms with van der Waals surface area (Å²) in [4.78, 5) is 12.4. The molecule has 0 atom stereocenters. The van der Waals surface area contributed by atoms with Gasteiger partial charge in [0.05, 0.1) is 4.90 Å². The first-order valence-electron chi connectivity index (χ1n) is 8.74. The SMILES string of the molecule is O=C(Nc1ccc(F)c(F)c1)c1cccc(S(=O)(=O)N2CCCCCC2)c1. The van der Waals surface area contributed by atoms with Gasteiger partial charge in [0.1, 0.15) is 0 Å². The molecule has 0 spiro atoms. The van der Waals surface area contributed by atoms with Crippen LogP contribution in [0.1, 0.15) is 36.0 Å². The first-order valence-corrected chi connectivity index (χ1v) is 10.2. The summed E-state index contributed by atoms with van der Waals surface area (Å²) >= 11 is 0. The third kappa shape index (κ3) is 4.51. The first kappa shape index (κ1) is 19.4. The van der Waals surface area contributed by atoms with Gasteiger partial charge in [-0.05, 0) is 43.2 Å². The number of nitrogens with one attached hydrogen (secondary N) is 1. The summed E-state index contributed by atoms with van der Waals surface area (Å²) in [5.74, 6) is -2.70. The van der Waals surface area contributed by atoms with Crippen LogP contribution in [0.4, 0.5) is 14.5 Å². The van der Waals surface area contributed by atoms with Crippen molar-refractivity contribution < 1.29 is 22.0 Å². The van der Waals surface area contributed by atoms with Crippen LogP contribution in [0, 0.1) is 11.6 Å². The molecule has 3 rings (SSSR count). The van der Waals surface area contributed by atoms with Crippen LogP contribution in [0.15, 0.2) is 47.4 Å². The fraction of sp³-hybridized carbons (Fsp3) is 0.316. The molecule has 0 saturated carbocycles. The summed E-state index contributed by atoms with van der Waals surface area (Å²) < 4.78 is 53.4. The molecule has 5 nitrogen and oxygen atoms in total. The van der Waals surface area contributed by atoms with Crippen molar-refractivity contribution in [3.8, 4) is 0 Å². The van der Waals surface area contributed by atoms with Gasteiger partial charge in [-0.15, -0.1) is 0 Å². The lowest BCUT2D eigenvalue weighted by Gasteiger charge is -2.20. The van der Waals surface area contributed by atoms with Crippen LogP contribution < -0.4 is 5.32 Å². The van der Waals surface area contributed by atoms with E-state index in [0.29, 0.717) is 13.1 Å². The molecule has 0 bridgehead atoms. The molecule has 144 valence electrons. The van der Waals surface area contributed by atoms with E-state index in [1.807, 2.05) is 0 Å². The van der Waals surface area contributed by atoms with E-state index < -0.39 is 27.6 Å². The minimum absolute atomic E-state index is 0.0438. The van der Waals surface area contributed by atoms with Gasteiger partial charge in [-0.2, -0.15) is 4.31 Å². The molecule has 0 radical (unpaired) electrons. The van der Waals surface area contributed by atoms with Gasteiger partial charge in [0.25, 0.3) is 5.91 Å². The highest BCUT2D eigenvalue weighted by Gasteiger charge is 2.25. The monoisotopic (exact) mass is 394 g/mol. The zero-order chi connectivity index (χ0) is 19.4. The highest BCUT2D eigenvalue weighted by molar-refractivity contribution is 7.89. The lowest BCUT2D eigenvalue weighted by molar-refractivity contribution is 0.102. The molecule has 2 aromatic carbocycles. The highest BCUT2D eigenvalue weighted by Crippen LogP contribution is 2.22. The Morgan fingerprint density at radius 2 is 1.63 bits per heavy atom. The smallest absolute Gasteiger partial charge is 0.255 e. The Balaban J connectivity index is 1.81. The molecule has 1 fully saturated rings. The van der Waals surface area contributed by atoms with E-state index in [4.69, 9.17) is 0 Å². The zero-order valence-corrected chi connectivity index (χ0v) is 15.4. The minimum atomic E-state index is -3.68. The van der Waals surface area contributed by atoms with E-state index in [9.17, 15) is 22.0 Å². The van der Waals surface area contributed by atoms with Crippen molar-refractivity contribution in [1.29, 1.82) is 0 Å². The molecule has 0 aliphatic carbocycles. The van der Waals surface area contributed by atoms with Crippen LogP contribution in [-0.4, -0.2) is 31.7 Å². The van der Waals surface area contributed by atoms with Crippen molar-refractivity contribution in [2.24, 2.45) is 0 Å². The van der Waals surface area contributed by atoms with E-state index in [1.165, 1.54) is 34.6 Å². The maximum Gasteiger partial charge on any atom is 0.255 e. The fourth-order valence-electron chi connectivity index (χ4n) is 3.01. The van der Waals surface area contributed by atoms with Gasteiger partial charge in [0.2, 0.25) is 10.0 Å². The second-order valence-corrected chi connectivity index (χ2v) is 8.37. The second-order valence-electron chi connectivity index (χ2n) is 6.43. The van der Waals surface area contributed by atoms with Crippen molar-refractivity contribution in [2.75, 3.05) is 18.4 Å². The van der Waals surface area contributed by atoms with Gasteiger partial charge in [-0.1, -0.05) is 18.9 Å². The third-order valence-corrected chi connectivity index (χ3v) is 6.37. The Morgan fingerprint density at radius 1 is 0.926 bits per heavy atom. The van der Waals surface area contributed by atoms with Gasteiger partial charge >= 0.3 is 0 Å². The molecule has 1 amide bonds. The number of carbonyl (C=O) groups is 1. The molecule has 1 aliphatic heterocycles. The summed E-state index contributed by atoms with van der Waals surface area (Å²) in [6.45, 7) is 0.932. The van der Waals surface area contributed by atoms with E-state index in [0.717, 1.165) is 37.8 Å². The molecule has 27 heavy (non-hydrogen) atoms. The number of anilines is 1. The standard InChI is InChI=1S/C19H20F2N2O3S/c20-17-9-8-15(13-18(17)21)22-19(24)14-6-5-7-16(12-14)27(25,26)23-10-3-1-2-4-11-23/h5-9,12-13H,1-4,10-11H2,(H,22,24). The van der Waals surface area contributed by atoms with E-state index in [2.05, 4.69) is 5.32 Å². The van der Waals surface area contributed by atoms with Crippen LogP contribution in [0.25, 0.3) is 0 Å². The minimum Gasteiger partial charge on any atom is -0.322 e. The quantitative estimate of drug-likeness (QED) is 0.858. The average molecular weight is 394 g/mol. The normalized spacial score (nSPS) is 15.9. The number of sulfonamides is 1. The van der Waals surface area contributed by atoms with Crippen molar-refractivity contribution in [3.05, 3.63) is 59.7 Å². The summed E-state index contributed by atoms with van der Waals surface area (Å²) in [5.41, 5.74) is 0.204. The van der Waals surface area contributed by atoms with Crippen molar-refractivity contribution in [3.63, 3.8) is 0 Å². The molecule has 1 aliphatic rings. The number of benzene rings is 2. The lowest BCUT2D eigenvalue weighted by Crippen LogP contribution is -2.32. The summed E-state index contributed by atoms with van der Waals surface area (Å²) in [7, 11) is -3.68. The van der Waals surface area contributed by atoms with Crippen LogP contribution in [0.3, 0.4) is 0 Å². The van der Waals surface area contributed by atoms with E-state index in [1.54, 1.807) is 0 Å². The number of amides is 1. The zero-order valence-electron chi connectivity index (χ0n) is 14.6. The van der Waals surface area contributed by atoms with E-state index in [-0.39, 0.29) is 16.1 Å². The third-order valence-electron chi connectivity index (χ3n) is 4.48. The Bertz CT molecular complexity index is 940. The number of nitrogens with zero attached hydrogens (tertiary/aromatic N) is 1. The number of hydrogen-bond donors (Lipinski definition) is 1. The molecule has 1 saturated heterocycles. The summed E-state index contributed by atoms with van der Waals surface area (Å²) in [6, 6.07) is 8.72. The molecule has 0 unspecified atom stereocenters. The van der Waals surface area contributed by atoms with Crippen molar-refractivity contribution in [1.82, 2.24) is 4.31 Å². The molecule has 0 aromatic heterocycles. The maximum atomic E-state index is 13.3. The largest absolute Gasteiger partial charge is 0.322 e. The summed E-state index contributed by atoms with van der Waals surface area (Å²) in [5, 5.41) is 2.44. The molecular formula is C19H20F2N2O3S. The van der Waals surface area contributed by atoms with Crippen LogP contribution in [0.2, 0.25) is 0 Å². The van der Waals surface area contributed by atoms with Crippen LogP contribution >= 0.6 is 0 Å². The van der Waals surface area contributed by atoms with Gasteiger partial charge in [-0.3, -0.25) is 4.79 Å². The molecule has 8 heteroatoms. The van der Waals surface area contributed by atoms with E-state index >= 15 is 0 Å². The molecular weight excluding hydrogens is 374 g/mol. The van der Waals surface area contributed by atoms with Crippen LogP contribution in [0.5, 0.6) is 0 Å². The number of halogens is 2. The predicted molar refractivity (Wildman–Crippen MR) is 98.0 cm³/mol. The lowest BCUT2D eigenvalue weighted by atomic mass is 10.2. The van der Waals surface area contributed by atoms with Crippen molar-refractivity contribution in [2.45, 2.75) is 30.6 Å². The molecule has 1 N–H and O–H groups in total. The van der Waals surface area contributed by atoms with Gasteiger partial charge < -0.3 is 5.32 Å². The maximum absolute atomic E-state index is 13.3. The fourth-order valence-corrected chi connectivity index (χ4v) is 4.57. The number of carbonyl (C=O) groups excluding carboxylic acids is 1. The Labute approximate surface area is 157 Å². The second kappa shape index (κ2) is 8.14. The Kier molecular flexibility index (Phi) is 5.86. The Morgan fingerprint density at radius 3 is 2.30 bits per heavy atom. The number of hydrogen-bond acceptors (Lipinski definition) is 3. The molecule has 2 aromatic rings. The number of rotatable bonds is 4. The Hall–Kier alpha value is -2.32. The van der Waals surface area contributed by atoms with Gasteiger partial charge in [0, 0.05) is 30.4 Å². The topological polar surface area (TPSA) is 66.5 Å². The summed E-state index contributed by atoms with van der Waals surface area (Å²) in [6.07, 6.45) is 3.64. The molecule has 1 heterocycles. The van der Waals surface area contributed by atoms with Gasteiger partial charge in [-0.25, -0.2) is 17.2 Å². The van der Waals surface area contributed by atoms with Crippen molar-refractivity contribution >= 4 is 21.6 Å². The van der Waals surface area contributed by atoms with Crippen LogP contribution in [-0.2, 0) is 10.0 Å². The first-order chi connectivity index (χ1) is 12.9. The highest BCUT2D eigenvalue weighted by atomic mass is 32.2.